The van der Waals surface area contributed by atoms with Crippen molar-refractivity contribution in [2.24, 2.45) is 0 Å². The summed E-state index contributed by atoms with van der Waals surface area (Å²) in [7, 11) is 0. The van der Waals surface area contributed by atoms with Gasteiger partial charge in [-0.15, -0.1) is 34.5 Å². The summed E-state index contributed by atoms with van der Waals surface area (Å²) in [6, 6.07) is 72.4. The first-order chi connectivity index (χ1) is 32.2. The number of anilines is 3. The molecule has 2 bridgehead atoms. The minimum absolute atomic E-state index is 0. The summed E-state index contributed by atoms with van der Waals surface area (Å²) in [5, 5.41) is 0. The second-order valence-electron chi connectivity index (χ2n) is 17.3. The molecule has 7 aromatic carbocycles. The molecule has 5 aliphatic heterocycles. The van der Waals surface area contributed by atoms with Crippen molar-refractivity contribution in [3.63, 3.8) is 0 Å². The molecular formula is C59H48IrN6-6. The Morgan fingerprint density at radius 2 is 1.15 bits per heavy atom. The van der Waals surface area contributed by atoms with Crippen molar-refractivity contribution in [2.75, 3.05) is 34.3 Å². The smallest absolute Gasteiger partial charge is 0.0714 e. The van der Waals surface area contributed by atoms with Gasteiger partial charge in [0.05, 0.1) is 11.9 Å². The standard InChI is InChI=1S/C59H48N6.Ir/c1-6-18-46(19-7-1)56-39-61(51-24-12-4-13-25-51)42-60(56)32-30-44-34-45-31-33-64-58(48-22-10-3-11-23-48)41-65-55-29-17-16-28-53(55)50(37-54(59(64)65)49(35-44)36-45)38-63-43-62(52-26-14-5-15-27-52)40-57(63)47-20-8-2-9-21-47;/h1-24,26,28-29,34-36,39-43,59H,30-33,37-38H2;/q-6;. The minimum Gasteiger partial charge on any atom is -0.507 e. The minimum atomic E-state index is 0. The predicted molar refractivity (Wildman–Crippen MR) is 263 cm³/mol. The van der Waals surface area contributed by atoms with Gasteiger partial charge < -0.3 is 29.4 Å². The van der Waals surface area contributed by atoms with E-state index in [0.29, 0.717) is 0 Å². The van der Waals surface area contributed by atoms with Crippen LogP contribution in [0.15, 0.2) is 201 Å². The number of rotatable bonds is 10. The van der Waals surface area contributed by atoms with E-state index in [9.17, 15) is 0 Å². The Balaban J connectivity index is 0.00000481. The zero-order chi connectivity index (χ0) is 43.1. The maximum Gasteiger partial charge on any atom is 0.0714 e. The quantitative estimate of drug-likeness (QED) is 0.126. The van der Waals surface area contributed by atoms with Crippen molar-refractivity contribution in [1.82, 2.24) is 14.7 Å². The maximum absolute atomic E-state index is 3.46. The van der Waals surface area contributed by atoms with Gasteiger partial charge in [0.1, 0.15) is 0 Å². The molecular weight excluding hydrogens is 985 g/mol. The number of benzene rings is 7. The summed E-state index contributed by atoms with van der Waals surface area (Å²) in [6.45, 7) is 6.99. The fourth-order valence-electron chi connectivity index (χ4n) is 10.2. The van der Waals surface area contributed by atoms with Crippen LogP contribution >= 0.6 is 0 Å². The third-order valence-electron chi connectivity index (χ3n) is 13.3. The molecule has 0 saturated carbocycles. The van der Waals surface area contributed by atoms with Crippen LogP contribution in [0.2, 0.25) is 0 Å². The van der Waals surface area contributed by atoms with Crippen LogP contribution in [0.1, 0.15) is 45.4 Å². The van der Waals surface area contributed by atoms with E-state index in [2.05, 4.69) is 231 Å². The molecule has 7 aromatic rings. The van der Waals surface area contributed by atoms with Crippen LogP contribution in [0.25, 0.3) is 17.1 Å². The Kier molecular flexibility index (Phi) is 11.4. The van der Waals surface area contributed by atoms with Gasteiger partial charge in [-0.2, -0.15) is 109 Å². The van der Waals surface area contributed by atoms with Gasteiger partial charge in [0, 0.05) is 44.2 Å². The fourth-order valence-corrected chi connectivity index (χ4v) is 10.2. The Bertz CT molecular complexity index is 2890. The van der Waals surface area contributed by atoms with Gasteiger partial charge >= 0.3 is 0 Å². The number of hydrogen-bond acceptors (Lipinski definition) is 6. The topological polar surface area (TPSA) is 19.4 Å². The Labute approximate surface area is 403 Å². The van der Waals surface area contributed by atoms with Crippen molar-refractivity contribution in [2.45, 2.75) is 25.4 Å². The first-order valence-corrected chi connectivity index (χ1v) is 22.7. The first kappa shape index (κ1) is 41.6. The van der Waals surface area contributed by atoms with Crippen LogP contribution in [0, 0.1) is 37.3 Å². The van der Waals surface area contributed by atoms with E-state index in [4.69, 9.17) is 0 Å². The molecule has 0 spiro atoms. The van der Waals surface area contributed by atoms with E-state index in [1.165, 1.54) is 73.6 Å². The van der Waals surface area contributed by atoms with Crippen LogP contribution in [0.3, 0.4) is 0 Å². The first-order valence-electron chi connectivity index (χ1n) is 22.7. The Hall–Kier alpha value is -7.05. The van der Waals surface area contributed by atoms with Gasteiger partial charge in [-0.25, -0.2) is 0 Å². The number of para-hydroxylation sites is 3. The van der Waals surface area contributed by atoms with Gasteiger partial charge in [-0.05, 0) is 55.0 Å². The molecule has 0 amide bonds. The number of fused-ring (bicyclic) bond motifs is 5. The van der Waals surface area contributed by atoms with Gasteiger partial charge in [-0.3, -0.25) is 0 Å². The van der Waals surface area contributed by atoms with E-state index < -0.39 is 0 Å². The van der Waals surface area contributed by atoms with Crippen LogP contribution in [0.5, 0.6) is 0 Å². The normalized spacial score (nSPS) is 17.3. The molecule has 0 fully saturated rings. The zero-order valence-corrected chi connectivity index (χ0v) is 38.9. The molecule has 66 heavy (non-hydrogen) atoms. The summed E-state index contributed by atoms with van der Waals surface area (Å²) < 4.78 is 0. The monoisotopic (exact) mass is 1030 g/mol. The Morgan fingerprint density at radius 3 is 1.79 bits per heavy atom. The molecule has 7 heteroatoms. The molecule has 0 saturated heterocycles. The van der Waals surface area contributed by atoms with Crippen molar-refractivity contribution < 1.29 is 20.1 Å². The molecule has 0 aliphatic carbocycles. The van der Waals surface area contributed by atoms with Crippen LogP contribution in [0.4, 0.5) is 17.1 Å². The van der Waals surface area contributed by atoms with Crippen LogP contribution in [-0.4, -0.2) is 40.5 Å². The van der Waals surface area contributed by atoms with E-state index in [1.54, 1.807) is 0 Å². The summed E-state index contributed by atoms with van der Waals surface area (Å²) in [6.07, 6.45) is 9.66. The predicted octanol–water partition coefficient (Wildman–Crippen LogP) is 11.7. The molecule has 0 aromatic heterocycles. The molecule has 0 N–H and O–H groups in total. The van der Waals surface area contributed by atoms with Gasteiger partial charge in [0.25, 0.3) is 0 Å². The van der Waals surface area contributed by atoms with E-state index >= 15 is 0 Å². The van der Waals surface area contributed by atoms with Crippen LogP contribution in [-0.2, 0) is 32.9 Å². The summed E-state index contributed by atoms with van der Waals surface area (Å²) in [5.74, 6) is 2.83. The summed E-state index contributed by atoms with van der Waals surface area (Å²) in [4.78, 5) is 14.5. The number of nitrogens with zero attached hydrogens (tertiary/aromatic N) is 6. The second kappa shape index (κ2) is 18.1. The van der Waals surface area contributed by atoms with E-state index in [0.717, 1.165) is 50.3 Å². The summed E-state index contributed by atoms with van der Waals surface area (Å²) >= 11 is 0. The largest absolute Gasteiger partial charge is 0.507 e. The van der Waals surface area contributed by atoms with Gasteiger partial charge in [0.15, 0.2) is 0 Å². The van der Waals surface area contributed by atoms with Crippen molar-refractivity contribution in [3.8, 4) is 0 Å². The van der Waals surface area contributed by atoms with E-state index in [1.807, 2.05) is 24.3 Å². The van der Waals surface area contributed by atoms with E-state index in [-0.39, 0.29) is 26.3 Å². The molecule has 1 unspecified atom stereocenters. The average Bonchev–Trinajstić information content (AvgIpc) is 4.09. The second-order valence-corrected chi connectivity index (χ2v) is 17.3. The van der Waals surface area contributed by atoms with Gasteiger partial charge in [-0.1, -0.05) is 121 Å². The summed E-state index contributed by atoms with van der Waals surface area (Å²) in [5.41, 5.74) is 16.0. The van der Waals surface area contributed by atoms with Crippen molar-refractivity contribution >= 4 is 34.2 Å². The van der Waals surface area contributed by atoms with Gasteiger partial charge in [0.2, 0.25) is 0 Å². The fraction of sp³-hybridized carbons (Fsp3) is 0.119. The van der Waals surface area contributed by atoms with Crippen molar-refractivity contribution in [3.05, 3.63) is 277 Å². The maximum atomic E-state index is 3.46. The average molecular weight is 1030 g/mol. The molecule has 329 valence electrons. The molecule has 1 radical (unpaired) electrons. The van der Waals surface area contributed by atoms with Crippen molar-refractivity contribution in [1.29, 1.82) is 0 Å². The number of hydrogen-bond donors (Lipinski definition) is 0. The third kappa shape index (κ3) is 7.93. The SMILES string of the molecule is [Ir].[c-]1ccccc1N1C=C(c2ccccc2)N(CCc2cc3cc(c2)[C-]2C[C-](CN4[CH-]N(c5[c-]cccc5)C=C4c4ccccc4)c4ccccc4N4C=C(c5ccccc5)N(CC3)C24)[CH-]1. The van der Waals surface area contributed by atoms with Crippen LogP contribution < -0.4 is 14.7 Å². The molecule has 5 aliphatic rings. The molecule has 6 nitrogen and oxygen atoms in total. The third-order valence-corrected chi connectivity index (χ3v) is 13.3. The molecule has 1 atom stereocenters. The molecule has 5 heterocycles. The molecule has 12 rings (SSSR count). The Morgan fingerprint density at radius 1 is 0.576 bits per heavy atom. The zero-order valence-electron chi connectivity index (χ0n) is 36.5.